The number of fused-ring (bicyclic) bond motifs is 1. The van der Waals surface area contributed by atoms with Crippen molar-refractivity contribution in [3.05, 3.63) is 29.8 Å². The van der Waals surface area contributed by atoms with Gasteiger partial charge in [0.25, 0.3) is 0 Å². The number of benzene rings is 1. The molecule has 0 aromatic heterocycles. The average Bonchev–Trinajstić information content (AvgIpc) is 2.16. The molecule has 0 aliphatic carbocycles. The zero-order chi connectivity index (χ0) is 11.1. The Morgan fingerprint density at radius 2 is 2.00 bits per heavy atom. The molecule has 0 spiro atoms. The highest BCUT2D eigenvalue weighted by Crippen LogP contribution is 2.34. The number of hydrogen-bond acceptors (Lipinski definition) is 2. The van der Waals surface area contributed by atoms with Gasteiger partial charge in [-0.25, -0.2) is 0 Å². The van der Waals surface area contributed by atoms with Crippen LogP contribution >= 0.6 is 0 Å². The molecule has 2 N–H and O–H groups in total. The maximum atomic E-state index is 5.97. The third kappa shape index (κ3) is 1.72. The van der Waals surface area contributed by atoms with Gasteiger partial charge in [0.2, 0.25) is 0 Å². The summed E-state index contributed by atoms with van der Waals surface area (Å²) in [4.78, 5) is 2.37. The van der Waals surface area contributed by atoms with Gasteiger partial charge in [0.1, 0.15) is 0 Å². The zero-order valence-electron chi connectivity index (χ0n) is 9.62. The van der Waals surface area contributed by atoms with Gasteiger partial charge in [0, 0.05) is 29.0 Å². The molecule has 2 heteroatoms. The van der Waals surface area contributed by atoms with Gasteiger partial charge in [0.05, 0.1) is 0 Å². The molecule has 1 aliphatic heterocycles. The Balaban J connectivity index is 2.53. The maximum Gasteiger partial charge on any atom is 0.0467 e. The second kappa shape index (κ2) is 3.30. The number of nitrogen functional groups attached to an aromatic ring is 1. The second-order valence-corrected chi connectivity index (χ2v) is 4.96. The van der Waals surface area contributed by atoms with E-state index >= 15 is 0 Å². The molecule has 1 heterocycles. The lowest BCUT2D eigenvalue weighted by Gasteiger charge is -2.40. The topological polar surface area (TPSA) is 29.3 Å². The van der Waals surface area contributed by atoms with Crippen molar-refractivity contribution in [3.8, 4) is 0 Å². The van der Waals surface area contributed by atoms with Crippen molar-refractivity contribution >= 4 is 17.5 Å². The predicted octanol–water partition coefficient (Wildman–Crippen LogP) is 2.90. The number of anilines is 2. The molecule has 1 aromatic rings. The quantitative estimate of drug-likeness (QED) is 0.655. The van der Waals surface area contributed by atoms with E-state index in [2.05, 4.69) is 43.9 Å². The minimum Gasteiger partial charge on any atom is -0.398 e. The highest BCUT2D eigenvalue weighted by Gasteiger charge is 2.24. The van der Waals surface area contributed by atoms with E-state index in [0.717, 1.165) is 17.8 Å². The molecule has 0 amide bonds. The Labute approximate surface area is 91.4 Å². The van der Waals surface area contributed by atoms with Crippen LogP contribution in [0.3, 0.4) is 0 Å². The summed E-state index contributed by atoms with van der Waals surface area (Å²) in [7, 11) is 0. The van der Waals surface area contributed by atoms with Crippen LogP contribution in [-0.2, 0) is 0 Å². The van der Waals surface area contributed by atoms with Crippen LogP contribution in [0.25, 0.3) is 6.08 Å². The van der Waals surface area contributed by atoms with Gasteiger partial charge in [-0.2, -0.15) is 0 Å². The first kappa shape index (κ1) is 10.1. The third-order valence-corrected chi connectivity index (χ3v) is 2.79. The largest absolute Gasteiger partial charge is 0.398 e. The molecule has 2 nitrogen and oxygen atoms in total. The van der Waals surface area contributed by atoms with Gasteiger partial charge < -0.3 is 10.6 Å². The normalized spacial score (nSPS) is 15.3. The monoisotopic (exact) mass is 202 g/mol. The molecule has 1 aromatic carbocycles. The summed E-state index contributed by atoms with van der Waals surface area (Å²) in [6.07, 6.45) is 4.29. The van der Waals surface area contributed by atoms with E-state index in [1.54, 1.807) is 0 Å². The van der Waals surface area contributed by atoms with Crippen molar-refractivity contribution in [1.29, 1.82) is 0 Å². The summed E-state index contributed by atoms with van der Waals surface area (Å²) in [6, 6.07) is 6.11. The van der Waals surface area contributed by atoms with Crippen LogP contribution in [0.5, 0.6) is 0 Å². The van der Waals surface area contributed by atoms with E-state index in [0.29, 0.717) is 0 Å². The molecular formula is C13H18N2. The van der Waals surface area contributed by atoms with Crippen molar-refractivity contribution < 1.29 is 0 Å². The fourth-order valence-corrected chi connectivity index (χ4v) is 2.00. The SMILES string of the molecule is CC(C)(C)N1CC=Cc2c(N)cccc21. The molecule has 0 bridgehead atoms. The Morgan fingerprint density at radius 3 is 2.67 bits per heavy atom. The van der Waals surface area contributed by atoms with Gasteiger partial charge in [0.15, 0.2) is 0 Å². The van der Waals surface area contributed by atoms with Crippen LogP contribution < -0.4 is 10.6 Å². The van der Waals surface area contributed by atoms with Gasteiger partial charge >= 0.3 is 0 Å². The lowest BCUT2D eigenvalue weighted by molar-refractivity contribution is 0.521. The van der Waals surface area contributed by atoms with E-state index < -0.39 is 0 Å². The summed E-state index contributed by atoms with van der Waals surface area (Å²) < 4.78 is 0. The van der Waals surface area contributed by atoms with E-state index in [9.17, 15) is 0 Å². The number of hydrogen-bond donors (Lipinski definition) is 1. The lowest BCUT2D eigenvalue weighted by Crippen LogP contribution is -2.43. The fourth-order valence-electron chi connectivity index (χ4n) is 2.00. The predicted molar refractivity (Wildman–Crippen MR) is 67.0 cm³/mol. The summed E-state index contributed by atoms with van der Waals surface area (Å²) in [5.41, 5.74) is 9.35. The zero-order valence-corrected chi connectivity index (χ0v) is 9.62. The van der Waals surface area contributed by atoms with Gasteiger partial charge in [-0.1, -0.05) is 18.2 Å². The second-order valence-electron chi connectivity index (χ2n) is 4.96. The molecular weight excluding hydrogens is 184 g/mol. The summed E-state index contributed by atoms with van der Waals surface area (Å²) in [6.45, 7) is 7.62. The van der Waals surface area contributed by atoms with E-state index in [1.807, 2.05) is 12.1 Å². The molecule has 0 unspecified atom stereocenters. The molecule has 0 atom stereocenters. The van der Waals surface area contributed by atoms with Crippen LogP contribution in [0.15, 0.2) is 24.3 Å². The highest BCUT2D eigenvalue weighted by molar-refractivity contribution is 5.80. The highest BCUT2D eigenvalue weighted by atomic mass is 15.2. The number of nitrogens with zero attached hydrogens (tertiary/aromatic N) is 1. The first-order valence-electron chi connectivity index (χ1n) is 5.33. The first-order chi connectivity index (χ1) is 7.00. The first-order valence-corrected chi connectivity index (χ1v) is 5.33. The maximum absolute atomic E-state index is 5.97. The van der Waals surface area contributed by atoms with Crippen molar-refractivity contribution in [2.24, 2.45) is 0 Å². The lowest BCUT2D eigenvalue weighted by atomic mass is 9.98. The molecule has 0 saturated heterocycles. The molecule has 1 aliphatic rings. The Bertz CT molecular complexity index is 399. The van der Waals surface area contributed by atoms with Crippen LogP contribution in [0.2, 0.25) is 0 Å². The van der Waals surface area contributed by atoms with E-state index in [1.165, 1.54) is 5.69 Å². The number of nitrogens with two attached hydrogens (primary N) is 1. The molecule has 0 radical (unpaired) electrons. The Hall–Kier alpha value is -1.44. The van der Waals surface area contributed by atoms with Crippen LogP contribution in [0, 0.1) is 0 Å². The number of rotatable bonds is 0. The molecule has 0 saturated carbocycles. The molecule has 15 heavy (non-hydrogen) atoms. The summed E-state index contributed by atoms with van der Waals surface area (Å²) in [5, 5.41) is 0. The molecule has 80 valence electrons. The molecule has 2 rings (SSSR count). The Kier molecular flexibility index (Phi) is 2.22. The minimum atomic E-state index is 0.132. The third-order valence-electron chi connectivity index (χ3n) is 2.79. The summed E-state index contributed by atoms with van der Waals surface area (Å²) in [5.74, 6) is 0. The van der Waals surface area contributed by atoms with Crippen LogP contribution in [0.1, 0.15) is 26.3 Å². The van der Waals surface area contributed by atoms with Crippen molar-refractivity contribution in [1.82, 2.24) is 0 Å². The smallest absolute Gasteiger partial charge is 0.0467 e. The van der Waals surface area contributed by atoms with Gasteiger partial charge in [-0.05, 0) is 32.9 Å². The van der Waals surface area contributed by atoms with Crippen LogP contribution in [0.4, 0.5) is 11.4 Å². The standard InChI is InChI=1S/C13H18N2/c1-13(2,3)15-9-5-6-10-11(14)7-4-8-12(10)15/h4-8H,9,14H2,1-3H3. The summed E-state index contributed by atoms with van der Waals surface area (Å²) >= 11 is 0. The van der Waals surface area contributed by atoms with Gasteiger partial charge in [-0.3, -0.25) is 0 Å². The van der Waals surface area contributed by atoms with Crippen molar-refractivity contribution in [2.45, 2.75) is 26.3 Å². The van der Waals surface area contributed by atoms with Crippen LogP contribution in [-0.4, -0.2) is 12.1 Å². The van der Waals surface area contributed by atoms with E-state index in [-0.39, 0.29) is 5.54 Å². The Morgan fingerprint density at radius 1 is 1.27 bits per heavy atom. The van der Waals surface area contributed by atoms with Gasteiger partial charge in [-0.15, -0.1) is 0 Å². The minimum absolute atomic E-state index is 0.132. The van der Waals surface area contributed by atoms with E-state index in [4.69, 9.17) is 5.73 Å². The fraction of sp³-hybridized carbons (Fsp3) is 0.385. The van der Waals surface area contributed by atoms with Crippen molar-refractivity contribution in [2.75, 3.05) is 17.2 Å². The molecule has 0 fully saturated rings. The average molecular weight is 202 g/mol. The van der Waals surface area contributed by atoms with Crippen molar-refractivity contribution in [3.63, 3.8) is 0 Å².